The van der Waals surface area contributed by atoms with Gasteiger partial charge < -0.3 is 15.4 Å². The third kappa shape index (κ3) is 7.19. The average molecular weight is 510 g/mol. The number of aliphatic imine (C=N–C) groups is 1. The van der Waals surface area contributed by atoms with Gasteiger partial charge in [-0.2, -0.15) is 0 Å². The number of benzene rings is 2. The van der Waals surface area contributed by atoms with Gasteiger partial charge in [0, 0.05) is 37.8 Å². The fraction of sp³-hybridized carbons (Fsp3) is 0.381. The summed E-state index contributed by atoms with van der Waals surface area (Å²) in [6.45, 7) is 3.96. The lowest BCUT2D eigenvalue weighted by Gasteiger charge is -2.15. The van der Waals surface area contributed by atoms with Crippen molar-refractivity contribution in [2.24, 2.45) is 10.9 Å². The van der Waals surface area contributed by atoms with E-state index < -0.39 is 4.92 Å². The number of nitrogens with zero attached hydrogens (tertiary/aromatic N) is 2. The maximum absolute atomic E-state index is 10.7. The first-order valence-corrected chi connectivity index (χ1v) is 9.45. The van der Waals surface area contributed by atoms with Crippen molar-refractivity contribution < 1.29 is 9.66 Å². The predicted octanol–water partition coefficient (Wildman–Crippen LogP) is 4.18. The van der Waals surface area contributed by atoms with Gasteiger partial charge in [-0.3, -0.25) is 15.1 Å². The molecule has 29 heavy (non-hydrogen) atoms. The molecule has 0 unspecified atom stereocenters. The lowest BCUT2D eigenvalue weighted by molar-refractivity contribution is -0.384. The quantitative estimate of drug-likeness (QED) is 0.183. The summed E-state index contributed by atoms with van der Waals surface area (Å²) in [6.07, 6.45) is 2.53. The van der Waals surface area contributed by atoms with Crippen LogP contribution in [0.4, 0.5) is 5.69 Å². The highest BCUT2D eigenvalue weighted by Gasteiger charge is 2.22. The Balaban J connectivity index is 0.00000300. The van der Waals surface area contributed by atoms with E-state index in [2.05, 4.69) is 40.7 Å². The van der Waals surface area contributed by atoms with E-state index in [1.807, 2.05) is 0 Å². The number of hydrogen-bond acceptors (Lipinski definition) is 4. The summed E-state index contributed by atoms with van der Waals surface area (Å²) in [5, 5.41) is 17.3. The lowest BCUT2D eigenvalue weighted by atomic mass is 10.1. The van der Waals surface area contributed by atoms with Crippen LogP contribution in [0.15, 0.2) is 47.5 Å². The van der Waals surface area contributed by atoms with Gasteiger partial charge in [-0.1, -0.05) is 24.3 Å². The van der Waals surface area contributed by atoms with E-state index in [9.17, 15) is 10.1 Å². The molecule has 1 fully saturated rings. The fourth-order valence-electron chi connectivity index (χ4n) is 2.76. The molecule has 2 aromatic carbocycles. The highest BCUT2D eigenvalue weighted by Crippen LogP contribution is 2.30. The average Bonchev–Trinajstić information content (AvgIpc) is 3.52. The van der Waals surface area contributed by atoms with Crippen LogP contribution in [0.25, 0.3) is 0 Å². The maximum Gasteiger partial charge on any atom is 0.269 e. The molecule has 8 heteroatoms. The molecule has 1 aliphatic carbocycles. The normalized spacial score (nSPS) is 13.4. The molecule has 0 amide bonds. The van der Waals surface area contributed by atoms with Gasteiger partial charge in [-0.15, -0.1) is 24.0 Å². The predicted molar refractivity (Wildman–Crippen MR) is 125 cm³/mol. The molecule has 2 N–H and O–H groups in total. The Morgan fingerprint density at radius 1 is 1.17 bits per heavy atom. The maximum atomic E-state index is 10.7. The SMILES string of the molecule is CN=C(NCc1ccc([N+](=O)[O-])cc1)NCc1ccc(C)cc1OCC1CC1.I. The number of nitro groups is 1. The molecule has 0 aromatic heterocycles. The van der Waals surface area contributed by atoms with E-state index in [1.54, 1.807) is 19.2 Å². The van der Waals surface area contributed by atoms with E-state index in [0.29, 0.717) is 25.0 Å². The molecule has 0 aliphatic heterocycles. The van der Waals surface area contributed by atoms with E-state index >= 15 is 0 Å². The number of hydrogen-bond donors (Lipinski definition) is 2. The molecule has 1 saturated carbocycles. The molecule has 7 nitrogen and oxygen atoms in total. The van der Waals surface area contributed by atoms with Gasteiger partial charge in [0.15, 0.2) is 5.96 Å². The number of nitro benzene ring substituents is 1. The Labute approximate surface area is 188 Å². The molecule has 2 aromatic rings. The second-order valence-electron chi connectivity index (χ2n) is 7.07. The van der Waals surface area contributed by atoms with Crippen molar-refractivity contribution in [1.29, 1.82) is 0 Å². The minimum absolute atomic E-state index is 0. The summed E-state index contributed by atoms with van der Waals surface area (Å²) in [4.78, 5) is 14.6. The highest BCUT2D eigenvalue weighted by atomic mass is 127. The number of aryl methyl sites for hydroxylation is 1. The Kier molecular flexibility index (Phi) is 8.69. The Hall–Kier alpha value is -2.36. The molecule has 0 spiro atoms. The van der Waals surface area contributed by atoms with Crippen LogP contribution in [-0.4, -0.2) is 24.5 Å². The van der Waals surface area contributed by atoms with E-state index in [-0.39, 0.29) is 29.7 Å². The first-order valence-electron chi connectivity index (χ1n) is 9.45. The third-order valence-electron chi connectivity index (χ3n) is 4.67. The number of guanidine groups is 1. The topological polar surface area (TPSA) is 88.8 Å². The summed E-state index contributed by atoms with van der Waals surface area (Å²) in [5.74, 6) is 2.29. The zero-order chi connectivity index (χ0) is 19.9. The Morgan fingerprint density at radius 2 is 1.86 bits per heavy atom. The highest BCUT2D eigenvalue weighted by molar-refractivity contribution is 14.0. The Morgan fingerprint density at radius 3 is 2.48 bits per heavy atom. The smallest absolute Gasteiger partial charge is 0.269 e. The van der Waals surface area contributed by atoms with Crippen molar-refractivity contribution >= 4 is 35.6 Å². The van der Waals surface area contributed by atoms with Gasteiger partial charge in [0.05, 0.1) is 11.5 Å². The van der Waals surface area contributed by atoms with Crippen LogP contribution in [0.1, 0.15) is 29.5 Å². The van der Waals surface area contributed by atoms with Gasteiger partial charge in [0.25, 0.3) is 5.69 Å². The summed E-state index contributed by atoms with van der Waals surface area (Å²) in [7, 11) is 1.71. The van der Waals surface area contributed by atoms with Crippen LogP contribution in [0.5, 0.6) is 5.75 Å². The lowest BCUT2D eigenvalue weighted by Crippen LogP contribution is -2.36. The van der Waals surface area contributed by atoms with Crippen LogP contribution in [0.2, 0.25) is 0 Å². The summed E-state index contributed by atoms with van der Waals surface area (Å²) < 4.78 is 6.01. The van der Waals surface area contributed by atoms with Crippen molar-refractivity contribution in [2.45, 2.75) is 32.9 Å². The van der Waals surface area contributed by atoms with Gasteiger partial charge in [0.2, 0.25) is 0 Å². The molecule has 1 aliphatic rings. The van der Waals surface area contributed by atoms with Crippen molar-refractivity contribution in [1.82, 2.24) is 10.6 Å². The largest absolute Gasteiger partial charge is 0.493 e. The summed E-state index contributed by atoms with van der Waals surface area (Å²) >= 11 is 0. The van der Waals surface area contributed by atoms with Crippen molar-refractivity contribution in [3.63, 3.8) is 0 Å². The first-order chi connectivity index (χ1) is 13.5. The van der Waals surface area contributed by atoms with Crippen molar-refractivity contribution in [2.75, 3.05) is 13.7 Å². The first kappa shape index (κ1) is 22.9. The van der Waals surface area contributed by atoms with E-state index in [0.717, 1.165) is 23.5 Å². The standard InChI is InChI=1S/C21H26N4O3.HI/c1-15-3-8-18(20(11-15)28-14-17-4-5-17)13-24-21(22-2)23-12-16-6-9-19(10-7-16)25(26)27;/h3,6-11,17H,4-5,12-14H2,1-2H3,(H2,22,23,24);1H. The molecular weight excluding hydrogens is 483 g/mol. The van der Waals surface area contributed by atoms with Crippen LogP contribution < -0.4 is 15.4 Å². The number of halogens is 1. The molecule has 0 saturated heterocycles. The van der Waals surface area contributed by atoms with Gasteiger partial charge in [0.1, 0.15) is 5.75 Å². The minimum Gasteiger partial charge on any atom is -0.493 e. The van der Waals surface area contributed by atoms with E-state index in [1.165, 1.54) is 30.5 Å². The molecule has 0 radical (unpaired) electrons. The molecule has 156 valence electrons. The molecule has 0 atom stereocenters. The van der Waals surface area contributed by atoms with Gasteiger partial charge >= 0.3 is 0 Å². The van der Waals surface area contributed by atoms with Crippen molar-refractivity contribution in [3.05, 3.63) is 69.3 Å². The number of ether oxygens (including phenoxy) is 1. The van der Waals surface area contributed by atoms with Crippen LogP contribution >= 0.6 is 24.0 Å². The second-order valence-corrected chi connectivity index (χ2v) is 7.07. The van der Waals surface area contributed by atoms with Gasteiger partial charge in [-0.05, 0) is 42.9 Å². The molecule has 0 bridgehead atoms. The molecule has 0 heterocycles. The van der Waals surface area contributed by atoms with E-state index in [4.69, 9.17) is 4.74 Å². The second kappa shape index (κ2) is 11.0. The molecule has 3 rings (SSSR count). The van der Waals surface area contributed by atoms with Crippen LogP contribution in [-0.2, 0) is 13.1 Å². The van der Waals surface area contributed by atoms with Gasteiger partial charge in [-0.25, -0.2) is 0 Å². The zero-order valence-electron chi connectivity index (χ0n) is 16.7. The Bertz CT molecular complexity index is 852. The van der Waals surface area contributed by atoms with Crippen molar-refractivity contribution in [3.8, 4) is 5.75 Å². The molecular formula is C21H27IN4O3. The van der Waals surface area contributed by atoms with Crippen LogP contribution in [0, 0.1) is 23.0 Å². The van der Waals surface area contributed by atoms with Crippen LogP contribution in [0.3, 0.4) is 0 Å². The summed E-state index contributed by atoms with van der Waals surface area (Å²) in [6, 6.07) is 12.7. The fourth-order valence-corrected chi connectivity index (χ4v) is 2.76. The monoisotopic (exact) mass is 510 g/mol. The number of rotatable bonds is 8. The summed E-state index contributed by atoms with van der Waals surface area (Å²) in [5.41, 5.74) is 3.29. The minimum atomic E-state index is -0.401. The number of nitrogens with one attached hydrogen (secondary N) is 2. The third-order valence-corrected chi connectivity index (χ3v) is 4.67. The number of non-ortho nitro benzene ring substituents is 1. The zero-order valence-corrected chi connectivity index (χ0v) is 19.0.